The first kappa shape index (κ1) is 21.4. The second kappa shape index (κ2) is 8.75. The summed E-state index contributed by atoms with van der Waals surface area (Å²) < 4.78 is 40.4. The summed E-state index contributed by atoms with van der Waals surface area (Å²) in [6, 6.07) is 6.14. The summed E-state index contributed by atoms with van der Waals surface area (Å²) in [7, 11) is 2.56. The minimum atomic E-state index is -0.909. The lowest BCUT2D eigenvalue weighted by Crippen LogP contribution is -2.24. The van der Waals surface area contributed by atoms with Crippen LogP contribution in [-0.2, 0) is 0 Å². The lowest BCUT2D eigenvalue weighted by molar-refractivity contribution is 0.304. The maximum atomic E-state index is 15.1. The van der Waals surface area contributed by atoms with E-state index >= 15 is 8.78 Å². The Morgan fingerprint density at radius 1 is 1.06 bits per heavy atom. The van der Waals surface area contributed by atoms with Gasteiger partial charge in [0.05, 0.1) is 49.4 Å². The number of nitrogens with zero attached hydrogens (tertiary/aromatic N) is 4. The molecular weight excluding hydrogens is 420 g/mol. The number of aliphatic hydroxyl groups excluding tert-OH is 1. The molecule has 0 aliphatic rings. The zero-order valence-corrected chi connectivity index (χ0v) is 17.7. The van der Waals surface area contributed by atoms with Crippen LogP contribution in [-0.4, -0.2) is 52.6 Å². The normalized spacial score (nSPS) is 11.1. The summed E-state index contributed by atoms with van der Waals surface area (Å²) in [5, 5.41) is 16.5. The van der Waals surface area contributed by atoms with Crippen molar-refractivity contribution in [2.45, 2.75) is 6.92 Å². The monoisotopic (exact) mass is 441 g/mol. The van der Waals surface area contributed by atoms with Crippen LogP contribution >= 0.6 is 0 Å². The molecular formula is C22H21F2N5O3. The fraction of sp³-hybridized carbons (Fsp3) is 0.227. The molecule has 2 heterocycles. The summed E-state index contributed by atoms with van der Waals surface area (Å²) in [4.78, 5) is 10.4. The summed E-state index contributed by atoms with van der Waals surface area (Å²) in [6.45, 7) is 1.42. The van der Waals surface area contributed by atoms with Gasteiger partial charge in [0, 0.05) is 30.1 Å². The van der Waals surface area contributed by atoms with Gasteiger partial charge >= 0.3 is 0 Å². The third kappa shape index (κ3) is 3.69. The van der Waals surface area contributed by atoms with E-state index in [-0.39, 0.29) is 24.7 Å². The number of fused-ring (bicyclic) bond motifs is 1. The molecule has 2 aromatic carbocycles. The van der Waals surface area contributed by atoms with Crippen LogP contribution in [0.1, 0.15) is 5.69 Å². The fourth-order valence-corrected chi connectivity index (χ4v) is 3.49. The molecule has 4 aromatic rings. The van der Waals surface area contributed by atoms with Gasteiger partial charge < -0.3 is 19.5 Å². The number of anilines is 2. The molecule has 32 heavy (non-hydrogen) atoms. The van der Waals surface area contributed by atoms with Gasteiger partial charge in [0.25, 0.3) is 0 Å². The topological polar surface area (TPSA) is 96.4 Å². The molecule has 0 spiro atoms. The first-order chi connectivity index (χ1) is 15.5. The molecule has 0 amide bonds. The van der Waals surface area contributed by atoms with E-state index in [1.807, 2.05) is 6.92 Å². The van der Waals surface area contributed by atoms with E-state index in [1.54, 1.807) is 30.6 Å². The van der Waals surface area contributed by atoms with Crippen LogP contribution in [0.25, 0.3) is 22.3 Å². The number of ether oxygens (including phenoxy) is 2. The van der Waals surface area contributed by atoms with Crippen molar-refractivity contribution < 1.29 is 23.4 Å². The smallest absolute Gasteiger partial charge is 0.191 e. The molecule has 8 nitrogen and oxygen atoms in total. The lowest BCUT2D eigenvalue weighted by Gasteiger charge is -2.26. The van der Waals surface area contributed by atoms with E-state index in [9.17, 15) is 5.11 Å². The number of aryl methyl sites for hydroxylation is 1. The summed E-state index contributed by atoms with van der Waals surface area (Å²) in [5.41, 5.74) is 3.30. The number of H-pyrrole nitrogens is 1. The first-order valence-corrected chi connectivity index (χ1v) is 9.74. The minimum absolute atomic E-state index is 0.0797. The van der Waals surface area contributed by atoms with Gasteiger partial charge in [-0.1, -0.05) is 0 Å². The molecule has 0 aliphatic carbocycles. The number of rotatable bonds is 7. The highest BCUT2D eigenvalue weighted by Crippen LogP contribution is 2.40. The highest BCUT2D eigenvalue weighted by Gasteiger charge is 2.26. The van der Waals surface area contributed by atoms with Crippen molar-refractivity contribution in [3.8, 4) is 22.8 Å². The second-order valence-corrected chi connectivity index (χ2v) is 6.95. The number of aromatic nitrogens is 4. The largest absolute Gasteiger partial charge is 0.493 e. The van der Waals surface area contributed by atoms with E-state index in [2.05, 4.69) is 20.2 Å². The number of methoxy groups -OCH3 is 2. The van der Waals surface area contributed by atoms with E-state index in [4.69, 9.17) is 9.47 Å². The van der Waals surface area contributed by atoms with Crippen LogP contribution in [0.5, 0.6) is 11.5 Å². The molecule has 2 N–H and O–H groups in total. The molecule has 0 radical (unpaired) electrons. The molecule has 2 aromatic heterocycles. The van der Waals surface area contributed by atoms with Crippen molar-refractivity contribution in [2.24, 2.45) is 0 Å². The Labute approximate surface area is 182 Å². The number of hydrogen-bond donors (Lipinski definition) is 2. The molecule has 0 saturated carbocycles. The third-order valence-electron chi connectivity index (χ3n) is 5.09. The molecule has 0 fully saturated rings. The van der Waals surface area contributed by atoms with Gasteiger partial charge in [0.2, 0.25) is 0 Å². The van der Waals surface area contributed by atoms with Gasteiger partial charge in [-0.3, -0.25) is 10.1 Å². The third-order valence-corrected chi connectivity index (χ3v) is 5.09. The Morgan fingerprint density at radius 3 is 2.38 bits per heavy atom. The van der Waals surface area contributed by atoms with Crippen LogP contribution in [0.4, 0.5) is 20.2 Å². The maximum Gasteiger partial charge on any atom is 0.191 e. The molecule has 4 rings (SSSR count). The Hall–Kier alpha value is -3.79. The lowest BCUT2D eigenvalue weighted by atomic mass is 10.1. The Morgan fingerprint density at radius 2 is 1.78 bits per heavy atom. The van der Waals surface area contributed by atoms with Crippen molar-refractivity contribution in [1.29, 1.82) is 0 Å². The van der Waals surface area contributed by atoms with Crippen LogP contribution in [0.3, 0.4) is 0 Å². The predicted octanol–water partition coefficient (Wildman–Crippen LogP) is 3.75. The van der Waals surface area contributed by atoms with Crippen LogP contribution < -0.4 is 14.4 Å². The second-order valence-electron chi connectivity index (χ2n) is 6.95. The molecule has 0 unspecified atom stereocenters. The van der Waals surface area contributed by atoms with Gasteiger partial charge in [-0.05, 0) is 25.1 Å². The Kier molecular flexibility index (Phi) is 5.87. The molecule has 0 aliphatic heterocycles. The van der Waals surface area contributed by atoms with Gasteiger partial charge in [0.1, 0.15) is 5.69 Å². The number of benzene rings is 2. The summed E-state index contributed by atoms with van der Waals surface area (Å²) in [6.07, 6.45) is 3.36. The average Bonchev–Trinajstić information content (AvgIpc) is 3.24. The molecule has 10 heteroatoms. The zero-order chi connectivity index (χ0) is 22.8. The SMILES string of the molecule is COc1cc(OC)c(F)c(N(CCO)c2ccc3ncc(-c4c[nH]nc4C)nc3c2)c1F. The highest BCUT2D eigenvalue weighted by atomic mass is 19.1. The van der Waals surface area contributed by atoms with Crippen molar-refractivity contribution in [3.05, 3.63) is 54.0 Å². The molecule has 0 atom stereocenters. The van der Waals surface area contributed by atoms with Crippen LogP contribution in [0, 0.1) is 18.6 Å². The van der Waals surface area contributed by atoms with E-state index in [1.165, 1.54) is 19.1 Å². The molecule has 0 bridgehead atoms. The van der Waals surface area contributed by atoms with E-state index in [0.29, 0.717) is 22.4 Å². The van der Waals surface area contributed by atoms with Gasteiger partial charge in [-0.2, -0.15) is 5.10 Å². The number of hydrogen-bond acceptors (Lipinski definition) is 7. The van der Waals surface area contributed by atoms with Crippen molar-refractivity contribution in [3.63, 3.8) is 0 Å². The zero-order valence-electron chi connectivity index (χ0n) is 17.7. The highest BCUT2D eigenvalue weighted by molar-refractivity contribution is 5.83. The number of aliphatic hydroxyl groups is 1. The quantitative estimate of drug-likeness (QED) is 0.451. The van der Waals surface area contributed by atoms with Gasteiger partial charge in [-0.15, -0.1) is 0 Å². The van der Waals surface area contributed by atoms with E-state index < -0.39 is 17.3 Å². The van der Waals surface area contributed by atoms with Crippen molar-refractivity contribution in [2.75, 3.05) is 32.3 Å². The number of nitrogens with one attached hydrogen (secondary N) is 1. The summed E-state index contributed by atoms with van der Waals surface area (Å²) in [5.74, 6) is -2.18. The number of halogens is 2. The summed E-state index contributed by atoms with van der Waals surface area (Å²) >= 11 is 0. The predicted molar refractivity (Wildman–Crippen MR) is 115 cm³/mol. The first-order valence-electron chi connectivity index (χ1n) is 9.74. The molecule has 166 valence electrons. The Balaban J connectivity index is 1.87. The van der Waals surface area contributed by atoms with E-state index in [0.717, 1.165) is 17.3 Å². The number of aromatic amines is 1. The fourth-order valence-electron chi connectivity index (χ4n) is 3.49. The van der Waals surface area contributed by atoms with Crippen LogP contribution in [0.2, 0.25) is 0 Å². The molecule has 0 saturated heterocycles. The van der Waals surface area contributed by atoms with Crippen molar-refractivity contribution in [1.82, 2.24) is 20.2 Å². The van der Waals surface area contributed by atoms with Crippen molar-refractivity contribution >= 4 is 22.4 Å². The minimum Gasteiger partial charge on any atom is -0.493 e. The van der Waals surface area contributed by atoms with Gasteiger partial charge in [-0.25, -0.2) is 13.8 Å². The average molecular weight is 441 g/mol. The van der Waals surface area contributed by atoms with Gasteiger partial charge in [0.15, 0.2) is 23.1 Å². The Bertz CT molecular complexity index is 1250. The standard InChI is InChI=1S/C22H21F2N5O3/c1-12-14(10-26-28-12)17-11-25-15-5-4-13(8-16(15)27-17)29(6-7-30)22-20(23)18(31-2)9-19(32-3)21(22)24/h4-5,8-11,30H,6-7H2,1-3H3,(H,26,28). The maximum absolute atomic E-state index is 15.1. The van der Waals surface area contributed by atoms with Crippen LogP contribution in [0.15, 0.2) is 36.7 Å².